The van der Waals surface area contributed by atoms with Crippen molar-refractivity contribution in [1.82, 2.24) is 15.1 Å². The zero-order valence-corrected chi connectivity index (χ0v) is 12.7. The first-order valence-electron chi connectivity index (χ1n) is 7.23. The highest BCUT2D eigenvalue weighted by molar-refractivity contribution is 5.92. The lowest BCUT2D eigenvalue weighted by atomic mass is 10.1. The number of carbonyl (C=O) groups is 1. The van der Waals surface area contributed by atoms with Crippen LogP contribution in [-0.4, -0.2) is 33.4 Å². The van der Waals surface area contributed by atoms with Gasteiger partial charge >= 0.3 is 0 Å². The molecule has 2 aromatic rings. The van der Waals surface area contributed by atoms with Crippen molar-refractivity contribution >= 4 is 5.91 Å². The average molecular weight is 305 g/mol. The molecule has 6 heteroatoms. The summed E-state index contributed by atoms with van der Waals surface area (Å²) in [5, 5.41) is 16.6. The first kappa shape index (κ1) is 16.2. The van der Waals surface area contributed by atoms with E-state index in [-0.39, 0.29) is 24.0 Å². The summed E-state index contributed by atoms with van der Waals surface area (Å²) >= 11 is 0. The molecule has 22 heavy (non-hydrogen) atoms. The molecule has 0 aliphatic carbocycles. The first-order valence-corrected chi connectivity index (χ1v) is 7.23. The highest BCUT2D eigenvalue weighted by Gasteiger charge is 2.13. The third-order valence-electron chi connectivity index (χ3n) is 3.15. The molecule has 0 saturated heterocycles. The molecule has 0 aliphatic heterocycles. The number of aliphatic hydroxyl groups is 1. The van der Waals surface area contributed by atoms with Gasteiger partial charge in [-0.1, -0.05) is 13.8 Å². The number of carbonyl (C=O) groups excluding carboxylic acids is 1. The minimum absolute atomic E-state index is 0.195. The fourth-order valence-corrected chi connectivity index (χ4v) is 2.11. The Morgan fingerprint density at radius 2 is 2.00 bits per heavy atom. The number of benzene rings is 1. The van der Waals surface area contributed by atoms with Crippen LogP contribution in [0.1, 0.15) is 30.8 Å². The second-order valence-corrected chi connectivity index (χ2v) is 5.62. The van der Waals surface area contributed by atoms with E-state index >= 15 is 0 Å². The second kappa shape index (κ2) is 7.17. The normalized spacial score (nSPS) is 12.4. The molecule has 2 rings (SSSR count). The van der Waals surface area contributed by atoms with E-state index in [0.717, 1.165) is 0 Å². The Bertz CT molecular complexity index is 623. The smallest absolute Gasteiger partial charge is 0.271 e. The number of rotatable bonds is 6. The van der Waals surface area contributed by atoms with Crippen LogP contribution in [0, 0.1) is 11.7 Å². The predicted molar refractivity (Wildman–Crippen MR) is 81.3 cm³/mol. The summed E-state index contributed by atoms with van der Waals surface area (Å²) < 4.78 is 14.4. The van der Waals surface area contributed by atoms with Gasteiger partial charge in [0, 0.05) is 12.7 Å². The lowest BCUT2D eigenvalue weighted by Gasteiger charge is -2.13. The Balaban J connectivity index is 1.96. The van der Waals surface area contributed by atoms with Crippen LogP contribution in [0.4, 0.5) is 4.39 Å². The minimum Gasteiger partial charge on any atom is -0.391 e. The van der Waals surface area contributed by atoms with Crippen molar-refractivity contribution in [3.05, 3.63) is 48.0 Å². The van der Waals surface area contributed by atoms with Gasteiger partial charge < -0.3 is 10.4 Å². The summed E-state index contributed by atoms with van der Waals surface area (Å²) in [5.74, 6) is -0.304. The molecule has 118 valence electrons. The Morgan fingerprint density at radius 3 is 2.64 bits per heavy atom. The lowest BCUT2D eigenvalue weighted by molar-refractivity contribution is 0.0895. The van der Waals surface area contributed by atoms with E-state index in [2.05, 4.69) is 10.4 Å². The van der Waals surface area contributed by atoms with Gasteiger partial charge in [0.25, 0.3) is 5.91 Å². The number of halogens is 1. The van der Waals surface area contributed by atoms with E-state index in [1.807, 2.05) is 13.8 Å². The molecule has 1 aromatic carbocycles. The van der Waals surface area contributed by atoms with E-state index in [9.17, 15) is 14.3 Å². The number of hydrogen-bond donors (Lipinski definition) is 2. The van der Waals surface area contributed by atoms with Crippen molar-refractivity contribution in [1.29, 1.82) is 0 Å². The maximum Gasteiger partial charge on any atom is 0.271 e. The van der Waals surface area contributed by atoms with Crippen LogP contribution in [0.2, 0.25) is 0 Å². The van der Waals surface area contributed by atoms with E-state index in [4.69, 9.17) is 0 Å². The molecular weight excluding hydrogens is 285 g/mol. The number of amides is 1. The molecule has 0 aliphatic rings. The van der Waals surface area contributed by atoms with Crippen LogP contribution in [-0.2, 0) is 0 Å². The molecule has 5 nitrogen and oxygen atoms in total. The summed E-state index contributed by atoms with van der Waals surface area (Å²) in [4.78, 5) is 12.0. The maximum absolute atomic E-state index is 12.9. The minimum atomic E-state index is -0.567. The number of hydrogen-bond acceptors (Lipinski definition) is 3. The van der Waals surface area contributed by atoms with Crippen molar-refractivity contribution in [3.63, 3.8) is 0 Å². The van der Waals surface area contributed by atoms with Gasteiger partial charge in [-0.25, -0.2) is 9.07 Å². The van der Waals surface area contributed by atoms with Crippen LogP contribution in [0.25, 0.3) is 5.69 Å². The number of aliphatic hydroxyl groups excluding tert-OH is 1. The van der Waals surface area contributed by atoms with Gasteiger partial charge in [-0.2, -0.15) is 5.10 Å². The zero-order valence-electron chi connectivity index (χ0n) is 12.7. The van der Waals surface area contributed by atoms with Gasteiger partial charge in [0.15, 0.2) is 5.69 Å². The molecule has 0 spiro atoms. The number of aromatic nitrogens is 2. The Hall–Kier alpha value is -2.21. The van der Waals surface area contributed by atoms with Gasteiger partial charge in [-0.15, -0.1) is 0 Å². The van der Waals surface area contributed by atoms with Gasteiger partial charge in [-0.05, 0) is 42.7 Å². The highest BCUT2D eigenvalue weighted by atomic mass is 19.1. The second-order valence-electron chi connectivity index (χ2n) is 5.62. The molecule has 0 radical (unpaired) electrons. The molecule has 1 unspecified atom stereocenters. The monoisotopic (exact) mass is 305 g/mol. The summed E-state index contributed by atoms with van der Waals surface area (Å²) in [7, 11) is 0. The predicted octanol–water partition coefficient (Wildman–Crippen LogP) is 2.15. The average Bonchev–Trinajstić information content (AvgIpc) is 2.94. The standard InChI is InChI=1S/C16H20FN3O2/c1-11(2)9-14(21)10-18-16(22)15-7-8-20(19-15)13-5-3-12(17)4-6-13/h3-8,11,14,21H,9-10H2,1-2H3,(H,18,22). The third-order valence-corrected chi connectivity index (χ3v) is 3.15. The number of nitrogens with one attached hydrogen (secondary N) is 1. The van der Waals surface area contributed by atoms with Gasteiger partial charge in [0.1, 0.15) is 5.82 Å². The van der Waals surface area contributed by atoms with Crippen molar-refractivity contribution in [2.75, 3.05) is 6.54 Å². The molecule has 1 atom stereocenters. The molecule has 2 N–H and O–H groups in total. The van der Waals surface area contributed by atoms with Crippen LogP contribution < -0.4 is 5.32 Å². The SMILES string of the molecule is CC(C)CC(O)CNC(=O)c1ccn(-c2ccc(F)cc2)n1. The summed E-state index contributed by atoms with van der Waals surface area (Å²) in [6, 6.07) is 7.40. The highest BCUT2D eigenvalue weighted by Crippen LogP contribution is 2.09. The molecule has 0 bridgehead atoms. The van der Waals surface area contributed by atoms with Crippen molar-refractivity contribution < 1.29 is 14.3 Å². The Kier molecular flexibility index (Phi) is 5.27. The van der Waals surface area contributed by atoms with Gasteiger partial charge in [-0.3, -0.25) is 4.79 Å². The maximum atomic E-state index is 12.9. The Morgan fingerprint density at radius 1 is 1.32 bits per heavy atom. The van der Waals surface area contributed by atoms with Crippen LogP contribution in [0.3, 0.4) is 0 Å². The molecule has 1 heterocycles. The van der Waals surface area contributed by atoms with Gasteiger partial charge in [0.05, 0.1) is 11.8 Å². The summed E-state index contributed by atoms with van der Waals surface area (Å²) in [5.41, 5.74) is 0.918. The zero-order chi connectivity index (χ0) is 16.1. The number of nitrogens with zero attached hydrogens (tertiary/aromatic N) is 2. The van der Waals surface area contributed by atoms with E-state index < -0.39 is 6.10 Å². The molecule has 0 saturated carbocycles. The van der Waals surface area contributed by atoms with Crippen molar-refractivity contribution in [3.8, 4) is 5.69 Å². The topological polar surface area (TPSA) is 67.2 Å². The van der Waals surface area contributed by atoms with E-state index in [1.165, 1.54) is 16.8 Å². The lowest BCUT2D eigenvalue weighted by Crippen LogP contribution is -2.33. The van der Waals surface area contributed by atoms with E-state index in [1.54, 1.807) is 24.4 Å². The van der Waals surface area contributed by atoms with Gasteiger partial charge in [0.2, 0.25) is 0 Å². The van der Waals surface area contributed by atoms with Crippen LogP contribution in [0.5, 0.6) is 0 Å². The fourth-order valence-electron chi connectivity index (χ4n) is 2.11. The van der Waals surface area contributed by atoms with Crippen LogP contribution in [0.15, 0.2) is 36.5 Å². The molecule has 1 aromatic heterocycles. The Labute approximate surface area is 128 Å². The van der Waals surface area contributed by atoms with Crippen LogP contribution >= 0.6 is 0 Å². The quantitative estimate of drug-likeness (QED) is 0.859. The van der Waals surface area contributed by atoms with Crippen molar-refractivity contribution in [2.24, 2.45) is 5.92 Å². The van der Waals surface area contributed by atoms with E-state index in [0.29, 0.717) is 18.0 Å². The largest absolute Gasteiger partial charge is 0.391 e. The fraction of sp³-hybridized carbons (Fsp3) is 0.375. The molecule has 1 amide bonds. The molecular formula is C16H20FN3O2. The first-order chi connectivity index (χ1) is 10.5. The third kappa shape index (κ3) is 4.39. The molecule has 0 fully saturated rings. The summed E-state index contributed by atoms with van der Waals surface area (Å²) in [6.07, 6.45) is 1.69. The summed E-state index contributed by atoms with van der Waals surface area (Å²) in [6.45, 7) is 4.21. The van der Waals surface area contributed by atoms with Crippen molar-refractivity contribution in [2.45, 2.75) is 26.4 Å².